The molecule has 0 spiro atoms. The predicted octanol–water partition coefficient (Wildman–Crippen LogP) is 2.06. The smallest absolute Gasteiger partial charge is 0.00772 e. The van der Waals surface area contributed by atoms with Gasteiger partial charge in [-0.05, 0) is 37.6 Å². The molecule has 1 nitrogen and oxygen atoms in total. The third-order valence-corrected chi connectivity index (χ3v) is 3.65. The molecule has 0 fully saturated rings. The molecule has 0 aliphatic heterocycles. The SMILES string of the molecule is CPC(C)[C@H](C)CCCN. The van der Waals surface area contributed by atoms with E-state index in [0.717, 1.165) is 26.7 Å². The van der Waals surface area contributed by atoms with Gasteiger partial charge in [0.1, 0.15) is 0 Å². The average molecular weight is 161 g/mol. The molecule has 0 amide bonds. The van der Waals surface area contributed by atoms with Crippen LogP contribution in [0.25, 0.3) is 0 Å². The highest BCUT2D eigenvalue weighted by molar-refractivity contribution is 7.37. The first kappa shape index (κ1) is 10.4. The van der Waals surface area contributed by atoms with Gasteiger partial charge in [-0.3, -0.25) is 0 Å². The van der Waals surface area contributed by atoms with Gasteiger partial charge in [0, 0.05) is 0 Å². The van der Waals surface area contributed by atoms with Crippen LogP contribution in [0, 0.1) is 5.92 Å². The summed E-state index contributed by atoms with van der Waals surface area (Å²) in [5.74, 6) is 0.867. The first-order chi connectivity index (χ1) is 4.72. The first-order valence-corrected chi connectivity index (χ1v) is 5.67. The van der Waals surface area contributed by atoms with Crippen LogP contribution in [0.5, 0.6) is 0 Å². The first-order valence-electron chi connectivity index (χ1n) is 4.09. The monoisotopic (exact) mass is 161 g/mol. The molecule has 0 aliphatic carbocycles. The Morgan fingerprint density at radius 1 is 1.40 bits per heavy atom. The number of hydrogen-bond acceptors (Lipinski definition) is 1. The summed E-state index contributed by atoms with van der Waals surface area (Å²) in [6.07, 6.45) is 2.49. The fourth-order valence-electron chi connectivity index (χ4n) is 0.974. The predicted molar refractivity (Wildman–Crippen MR) is 51.2 cm³/mol. The second-order valence-corrected chi connectivity index (χ2v) is 4.47. The molecule has 0 rings (SSSR count). The van der Waals surface area contributed by atoms with Gasteiger partial charge >= 0.3 is 0 Å². The van der Waals surface area contributed by atoms with Crippen LogP contribution >= 0.6 is 8.58 Å². The fourth-order valence-corrected chi connectivity index (χ4v) is 1.71. The lowest BCUT2D eigenvalue weighted by molar-refractivity contribution is 0.509. The fraction of sp³-hybridized carbons (Fsp3) is 1.00. The maximum Gasteiger partial charge on any atom is -0.00772 e. The Kier molecular flexibility index (Phi) is 6.36. The van der Waals surface area contributed by atoms with E-state index in [0.29, 0.717) is 0 Å². The van der Waals surface area contributed by atoms with Crippen LogP contribution in [-0.4, -0.2) is 18.9 Å². The van der Waals surface area contributed by atoms with Gasteiger partial charge in [-0.1, -0.05) is 13.8 Å². The lowest BCUT2D eigenvalue weighted by atomic mass is 10.0. The maximum absolute atomic E-state index is 5.42. The van der Waals surface area contributed by atoms with E-state index in [4.69, 9.17) is 5.73 Å². The molecule has 3 atom stereocenters. The highest BCUT2D eigenvalue weighted by Gasteiger charge is 2.08. The standard InChI is InChI=1S/C8H20NP/c1-7(5-4-6-9)8(2)10-3/h7-8,10H,4-6,9H2,1-3H3/t7-,8?/m1/s1. The van der Waals surface area contributed by atoms with E-state index < -0.39 is 0 Å². The molecular weight excluding hydrogens is 141 g/mol. The topological polar surface area (TPSA) is 26.0 Å². The third-order valence-electron chi connectivity index (χ3n) is 2.17. The molecule has 0 saturated carbocycles. The molecular formula is C8H20NP. The van der Waals surface area contributed by atoms with E-state index in [1.54, 1.807) is 0 Å². The molecule has 2 N–H and O–H groups in total. The van der Waals surface area contributed by atoms with E-state index in [1.165, 1.54) is 12.8 Å². The third kappa shape index (κ3) is 4.24. The minimum Gasteiger partial charge on any atom is -0.330 e. The van der Waals surface area contributed by atoms with E-state index in [1.807, 2.05) is 0 Å². The summed E-state index contributed by atoms with van der Waals surface area (Å²) in [5.41, 5.74) is 6.32. The Morgan fingerprint density at radius 3 is 2.40 bits per heavy atom. The average Bonchev–Trinajstić information content (AvgIpc) is 1.98. The highest BCUT2D eigenvalue weighted by Crippen LogP contribution is 2.24. The van der Waals surface area contributed by atoms with Crippen LogP contribution < -0.4 is 5.73 Å². The summed E-state index contributed by atoms with van der Waals surface area (Å²) >= 11 is 0. The summed E-state index contributed by atoms with van der Waals surface area (Å²) in [6, 6.07) is 0. The summed E-state index contributed by atoms with van der Waals surface area (Å²) in [4.78, 5) is 0. The maximum atomic E-state index is 5.42. The molecule has 2 heteroatoms. The van der Waals surface area contributed by atoms with E-state index >= 15 is 0 Å². The van der Waals surface area contributed by atoms with E-state index in [9.17, 15) is 0 Å². The van der Waals surface area contributed by atoms with Crippen LogP contribution in [0.15, 0.2) is 0 Å². The largest absolute Gasteiger partial charge is 0.330 e. The van der Waals surface area contributed by atoms with Crippen molar-refractivity contribution in [2.24, 2.45) is 11.7 Å². The lowest BCUT2D eigenvalue weighted by Crippen LogP contribution is -2.10. The van der Waals surface area contributed by atoms with Gasteiger partial charge in [0.25, 0.3) is 0 Å². The van der Waals surface area contributed by atoms with Crippen LogP contribution in [0.3, 0.4) is 0 Å². The van der Waals surface area contributed by atoms with Gasteiger partial charge in [-0.15, -0.1) is 8.58 Å². The van der Waals surface area contributed by atoms with Gasteiger partial charge < -0.3 is 5.73 Å². The zero-order chi connectivity index (χ0) is 7.98. The van der Waals surface area contributed by atoms with Crippen LogP contribution in [0.2, 0.25) is 0 Å². The summed E-state index contributed by atoms with van der Waals surface area (Å²) in [6.45, 7) is 7.80. The van der Waals surface area contributed by atoms with Gasteiger partial charge in [0.2, 0.25) is 0 Å². The van der Waals surface area contributed by atoms with Gasteiger partial charge in [-0.25, -0.2) is 0 Å². The molecule has 0 aliphatic rings. The van der Waals surface area contributed by atoms with Crippen molar-refractivity contribution in [3.63, 3.8) is 0 Å². The van der Waals surface area contributed by atoms with Crippen molar-refractivity contribution in [2.45, 2.75) is 32.3 Å². The van der Waals surface area contributed by atoms with Crippen molar-refractivity contribution in [3.05, 3.63) is 0 Å². The molecule has 2 unspecified atom stereocenters. The molecule has 10 heavy (non-hydrogen) atoms. The van der Waals surface area contributed by atoms with Gasteiger partial charge in [-0.2, -0.15) is 0 Å². The Morgan fingerprint density at radius 2 is 2.00 bits per heavy atom. The number of nitrogens with two attached hydrogens (primary N) is 1. The second-order valence-electron chi connectivity index (χ2n) is 2.99. The number of rotatable bonds is 5. The zero-order valence-electron chi connectivity index (χ0n) is 7.35. The molecule has 0 aromatic heterocycles. The van der Waals surface area contributed by atoms with Crippen LogP contribution in [-0.2, 0) is 0 Å². The number of hydrogen-bond donors (Lipinski definition) is 1. The van der Waals surface area contributed by atoms with E-state index in [2.05, 4.69) is 20.5 Å². The Bertz CT molecular complexity index is 75.7. The van der Waals surface area contributed by atoms with Crippen molar-refractivity contribution < 1.29 is 0 Å². The van der Waals surface area contributed by atoms with E-state index in [-0.39, 0.29) is 0 Å². The van der Waals surface area contributed by atoms with Gasteiger partial charge in [0.05, 0.1) is 0 Å². The Balaban J connectivity index is 3.31. The summed E-state index contributed by atoms with van der Waals surface area (Å²) in [7, 11) is 1.08. The minimum absolute atomic E-state index is 0.851. The molecule has 62 valence electrons. The van der Waals surface area contributed by atoms with Crippen molar-refractivity contribution >= 4 is 8.58 Å². The van der Waals surface area contributed by atoms with Crippen molar-refractivity contribution in [2.75, 3.05) is 13.2 Å². The molecule has 0 heterocycles. The normalized spacial score (nSPS) is 18.0. The Hall–Kier alpha value is 0.390. The summed E-state index contributed by atoms with van der Waals surface area (Å²) < 4.78 is 0. The van der Waals surface area contributed by atoms with Crippen molar-refractivity contribution in [1.82, 2.24) is 0 Å². The van der Waals surface area contributed by atoms with Crippen LogP contribution in [0.1, 0.15) is 26.7 Å². The summed E-state index contributed by atoms with van der Waals surface area (Å²) in [5, 5.41) is 0. The zero-order valence-corrected chi connectivity index (χ0v) is 8.35. The molecule has 0 aromatic carbocycles. The molecule has 0 aromatic rings. The molecule has 0 bridgehead atoms. The van der Waals surface area contributed by atoms with Gasteiger partial charge in [0.15, 0.2) is 0 Å². The Labute approximate surface area is 66.5 Å². The van der Waals surface area contributed by atoms with Crippen LogP contribution in [0.4, 0.5) is 0 Å². The quantitative estimate of drug-likeness (QED) is 0.614. The van der Waals surface area contributed by atoms with Crippen molar-refractivity contribution in [3.8, 4) is 0 Å². The highest BCUT2D eigenvalue weighted by atomic mass is 31.1. The molecule has 0 radical (unpaired) electrons. The second kappa shape index (κ2) is 6.12. The van der Waals surface area contributed by atoms with Crippen molar-refractivity contribution in [1.29, 1.82) is 0 Å². The lowest BCUT2D eigenvalue weighted by Gasteiger charge is -2.17. The molecule has 0 saturated heterocycles. The minimum atomic E-state index is 0.851.